The highest BCUT2D eigenvalue weighted by Gasteiger charge is 2.27. The van der Waals surface area contributed by atoms with Crippen molar-refractivity contribution in [1.29, 1.82) is 0 Å². The molecular formula is C21H32I2O4. The number of carbonyl (C=O) groups is 1. The van der Waals surface area contributed by atoms with Gasteiger partial charge in [0.1, 0.15) is 5.56 Å². The van der Waals surface area contributed by atoms with Crippen molar-refractivity contribution in [2.45, 2.75) is 90.9 Å². The van der Waals surface area contributed by atoms with Crippen LogP contribution in [0.1, 0.15) is 99.5 Å². The maximum absolute atomic E-state index is 12.3. The number of carbonyl (C=O) groups excluding carboxylic acids is 1. The van der Waals surface area contributed by atoms with Gasteiger partial charge in [-0.1, -0.05) is 65.2 Å². The number of halogens is 2. The van der Waals surface area contributed by atoms with E-state index in [0.717, 1.165) is 49.7 Å². The first kappa shape index (κ1) is 24.8. The summed E-state index contributed by atoms with van der Waals surface area (Å²) in [5, 5.41) is 20.8. The molecule has 0 aliphatic heterocycles. The number of phenolic OH excluding ortho intramolecular Hbond substituents is 2. The Labute approximate surface area is 191 Å². The van der Waals surface area contributed by atoms with Crippen molar-refractivity contribution in [2.75, 3.05) is 0 Å². The summed E-state index contributed by atoms with van der Waals surface area (Å²) in [4.78, 5) is 12.3. The van der Waals surface area contributed by atoms with Gasteiger partial charge < -0.3 is 13.3 Å². The van der Waals surface area contributed by atoms with Gasteiger partial charge in [0.05, 0.1) is 3.57 Å². The molecule has 1 aromatic rings. The van der Waals surface area contributed by atoms with E-state index in [2.05, 4.69) is 36.4 Å². The fourth-order valence-corrected chi connectivity index (χ4v) is 4.47. The number of phenols is 2. The minimum atomic E-state index is -0.587. The van der Waals surface area contributed by atoms with Crippen molar-refractivity contribution in [1.82, 2.24) is 0 Å². The summed E-state index contributed by atoms with van der Waals surface area (Å²) in [5.74, 6) is -1.14. The van der Waals surface area contributed by atoms with Gasteiger partial charge in [0.25, 0.3) is 0 Å². The molecule has 0 fully saturated rings. The predicted molar refractivity (Wildman–Crippen MR) is 127 cm³/mol. The minimum Gasteiger partial charge on any atom is -0.504 e. The summed E-state index contributed by atoms with van der Waals surface area (Å²) in [6, 6.07) is 0. The van der Waals surface area contributed by atoms with Crippen molar-refractivity contribution in [2.24, 2.45) is 0 Å². The van der Waals surface area contributed by atoms with Crippen LogP contribution >= 0.6 is 45.6 Å². The van der Waals surface area contributed by atoms with E-state index in [-0.39, 0.29) is 17.1 Å². The first-order valence-corrected chi connectivity index (χ1v) is 12.0. The van der Waals surface area contributed by atoms with Gasteiger partial charge in [-0.05, 0) is 59.4 Å². The van der Waals surface area contributed by atoms with Gasteiger partial charge in [-0.25, -0.2) is 4.79 Å². The van der Waals surface area contributed by atoms with Gasteiger partial charge in [0, 0.05) is 0 Å². The Balaban J connectivity index is 3.11. The number of hydrogen-bond donors (Lipinski definition) is 2. The highest BCUT2D eigenvalue weighted by atomic mass is 127. The van der Waals surface area contributed by atoms with Crippen LogP contribution in [-0.2, 0) is 15.9 Å². The molecule has 0 bridgehead atoms. The number of benzene rings is 1. The quantitative estimate of drug-likeness (QED) is 0.142. The van der Waals surface area contributed by atoms with E-state index in [1.165, 1.54) is 61.5 Å². The van der Waals surface area contributed by atoms with Crippen molar-refractivity contribution in [3.8, 4) is 11.5 Å². The third kappa shape index (κ3) is 7.59. The summed E-state index contributed by atoms with van der Waals surface area (Å²) in [6.45, 7) is 4.38. The molecule has 0 radical (unpaired) electrons. The van der Waals surface area contributed by atoms with Gasteiger partial charge in [-0.2, -0.15) is 0 Å². The van der Waals surface area contributed by atoms with Gasteiger partial charge in [0.15, 0.2) is 34.5 Å². The maximum atomic E-state index is 12.3. The van der Waals surface area contributed by atoms with E-state index < -0.39 is 5.97 Å². The number of aromatic hydroxyl groups is 2. The lowest BCUT2D eigenvalue weighted by atomic mass is 9.91. The minimum absolute atomic E-state index is 0.140. The number of unbranched alkanes of at least 4 members (excludes halogenated alkanes) is 8. The largest absolute Gasteiger partial charge is 0.504 e. The lowest BCUT2D eigenvalue weighted by Crippen LogP contribution is -2.10. The van der Waals surface area contributed by atoms with E-state index >= 15 is 0 Å². The molecule has 4 nitrogen and oxygen atoms in total. The van der Waals surface area contributed by atoms with Gasteiger partial charge in [0.2, 0.25) is 0 Å². The second-order valence-corrected chi connectivity index (χ2v) is 8.56. The third-order valence-electron chi connectivity index (χ3n) is 4.93. The molecule has 1 rings (SSSR count). The van der Waals surface area contributed by atoms with E-state index in [1.807, 2.05) is 0 Å². The zero-order valence-electron chi connectivity index (χ0n) is 16.5. The Morgan fingerprint density at radius 3 is 1.78 bits per heavy atom. The zero-order valence-corrected chi connectivity index (χ0v) is 20.8. The molecule has 0 aliphatic carbocycles. The molecule has 0 aliphatic rings. The molecule has 27 heavy (non-hydrogen) atoms. The average Bonchev–Trinajstić information content (AvgIpc) is 2.67. The van der Waals surface area contributed by atoms with Gasteiger partial charge in [-0.15, -0.1) is 0 Å². The molecule has 0 amide bonds. The van der Waals surface area contributed by atoms with Crippen LogP contribution < -0.4 is 0 Å². The first-order chi connectivity index (χ1) is 13.0. The molecule has 0 unspecified atom stereocenters. The lowest BCUT2D eigenvalue weighted by molar-refractivity contribution is 0.0795. The van der Waals surface area contributed by atoms with E-state index in [4.69, 9.17) is 3.07 Å². The Bertz CT molecular complexity index is 603. The Morgan fingerprint density at radius 1 is 0.815 bits per heavy atom. The normalized spacial score (nSPS) is 11.0. The molecule has 0 heterocycles. The molecule has 0 aromatic heterocycles. The van der Waals surface area contributed by atoms with Crippen LogP contribution in [0.4, 0.5) is 0 Å². The lowest BCUT2D eigenvalue weighted by Gasteiger charge is -2.18. The summed E-state index contributed by atoms with van der Waals surface area (Å²) >= 11 is 3.63. The van der Waals surface area contributed by atoms with Crippen molar-refractivity contribution < 1.29 is 18.1 Å². The molecule has 6 heteroatoms. The van der Waals surface area contributed by atoms with Crippen LogP contribution in [0.5, 0.6) is 11.5 Å². The summed E-state index contributed by atoms with van der Waals surface area (Å²) < 4.78 is 5.53. The molecule has 2 N–H and O–H groups in total. The van der Waals surface area contributed by atoms with Crippen LogP contribution in [0, 0.1) is 3.57 Å². The summed E-state index contributed by atoms with van der Waals surface area (Å²) in [7, 11) is 0. The van der Waals surface area contributed by atoms with E-state index in [0.29, 0.717) is 3.57 Å². The topological polar surface area (TPSA) is 66.8 Å². The molecule has 0 spiro atoms. The molecular weight excluding hydrogens is 570 g/mol. The number of hydrogen-bond acceptors (Lipinski definition) is 4. The second-order valence-electron chi connectivity index (χ2n) is 7.04. The van der Waals surface area contributed by atoms with E-state index in [9.17, 15) is 15.0 Å². The smallest absolute Gasteiger partial charge is 0.351 e. The van der Waals surface area contributed by atoms with Crippen molar-refractivity contribution in [3.63, 3.8) is 0 Å². The summed E-state index contributed by atoms with van der Waals surface area (Å²) in [5.41, 5.74) is 1.99. The zero-order chi connectivity index (χ0) is 20.2. The van der Waals surface area contributed by atoms with Crippen LogP contribution in [0.3, 0.4) is 0 Å². The second kappa shape index (κ2) is 13.8. The van der Waals surface area contributed by atoms with Crippen LogP contribution in [0.15, 0.2) is 0 Å². The first-order valence-electron chi connectivity index (χ1n) is 10.1. The maximum Gasteiger partial charge on any atom is 0.351 e. The third-order valence-corrected chi connectivity index (χ3v) is 6.50. The van der Waals surface area contributed by atoms with Crippen LogP contribution in [0.25, 0.3) is 0 Å². The Kier molecular flexibility index (Phi) is 12.7. The SMILES string of the molecule is CCCCCCCc1c(I)c(O)c(O)c(C(=O)OI)c1CCCCCCC. The molecule has 0 atom stereocenters. The highest BCUT2D eigenvalue weighted by Crippen LogP contribution is 2.41. The van der Waals surface area contributed by atoms with Gasteiger partial charge in [-0.3, -0.25) is 0 Å². The fourth-order valence-electron chi connectivity index (χ4n) is 3.40. The molecule has 0 saturated heterocycles. The standard InChI is InChI=1S/C21H32I2O4/c1-3-5-7-9-11-13-15-16(14-12-10-8-6-4-2)18(22)20(25)19(24)17(15)21(26)27-23/h24-25H,3-14H2,1-2H3. The fraction of sp³-hybridized carbons (Fsp3) is 0.667. The van der Waals surface area contributed by atoms with E-state index in [1.54, 1.807) is 0 Å². The van der Waals surface area contributed by atoms with Crippen molar-refractivity contribution >= 4 is 51.6 Å². The van der Waals surface area contributed by atoms with Gasteiger partial charge >= 0.3 is 5.97 Å². The molecule has 0 saturated carbocycles. The predicted octanol–water partition coefficient (Wildman–Crippen LogP) is 7.24. The molecule has 154 valence electrons. The highest BCUT2D eigenvalue weighted by molar-refractivity contribution is 14.1. The summed E-state index contributed by atoms with van der Waals surface area (Å²) in [6.07, 6.45) is 12.9. The number of rotatable bonds is 13. The molecule has 1 aromatic carbocycles. The van der Waals surface area contributed by atoms with Crippen LogP contribution in [-0.4, -0.2) is 16.2 Å². The monoisotopic (exact) mass is 602 g/mol. The van der Waals surface area contributed by atoms with Crippen molar-refractivity contribution in [3.05, 3.63) is 20.3 Å². The van der Waals surface area contributed by atoms with Crippen LogP contribution in [0.2, 0.25) is 0 Å². The average molecular weight is 602 g/mol. The Hall–Kier alpha value is -0.250. The Morgan fingerprint density at radius 2 is 1.30 bits per heavy atom.